The van der Waals surface area contributed by atoms with E-state index in [9.17, 15) is 9.59 Å². The second kappa shape index (κ2) is 6.77. The Labute approximate surface area is 63.8 Å². The lowest BCUT2D eigenvalue weighted by atomic mass is 10.4. The second-order valence-electron chi connectivity index (χ2n) is 1.67. The SMILES string of the molecule is O=CCC(C=O)SCCO. The molecule has 0 aliphatic rings. The van der Waals surface area contributed by atoms with Crippen molar-refractivity contribution in [1.82, 2.24) is 0 Å². The molecule has 0 saturated heterocycles. The first-order chi connectivity index (χ1) is 4.85. The third-order valence-corrected chi connectivity index (χ3v) is 2.05. The molecule has 0 amide bonds. The fourth-order valence-electron chi connectivity index (χ4n) is 0.462. The number of aldehydes is 2. The highest BCUT2D eigenvalue weighted by atomic mass is 32.2. The Morgan fingerprint density at radius 3 is 2.60 bits per heavy atom. The van der Waals surface area contributed by atoms with Crippen molar-refractivity contribution in [1.29, 1.82) is 0 Å². The molecule has 58 valence electrons. The van der Waals surface area contributed by atoms with E-state index in [1.165, 1.54) is 11.8 Å². The molecule has 1 N–H and O–H groups in total. The van der Waals surface area contributed by atoms with E-state index in [1.807, 2.05) is 0 Å². The Bertz CT molecular complexity index is 105. The molecule has 0 aromatic rings. The normalized spacial score (nSPS) is 12.5. The smallest absolute Gasteiger partial charge is 0.133 e. The molecule has 3 nitrogen and oxygen atoms in total. The van der Waals surface area contributed by atoms with Crippen molar-refractivity contribution in [2.75, 3.05) is 12.4 Å². The highest BCUT2D eigenvalue weighted by Gasteiger charge is 2.04. The van der Waals surface area contributed by atoms with Crippen LogP contribution in [-0.2, 0) is 9.59 Å². The molecule has 0 bridgehead atoms. The number of thioether (sulfide) groups is 1. The average Bonchev–Trinajstić information content (AvgIpc) is 1.98. The molecule has 0 rings (SSSR count). The molecular formula is C6H10O3S. The first-order valence-electron chi connectivity index (χ1n) is 2.96. The summed E-state index contributed by atoms with van der Waals surface area (Å²) >= 11 is 1.30. The van der Waals surface area contributed by atoms with Crippen LogP contribution in [-0.4, -0.2) is 35.3 Å². The van der Waals surface area contributed by atoms with Crippen LogP contribution in [0.3, 0.4) is 0 Å². The number of rotatable bonds is 6. The van der Waals surface area contributed by atoms with E-state index >= 15 is 0 Å². The zero-order chi connectivity index (χ0) is 7.82. The van der Waals surface area contributed by atoms with Crippen LogP contribution in [0.1, 0.15) is 6.42 Å². The maximum absolute atomic E-state index is 10.1. The monoisotopic (exact) mass is 162 g/mol. The summed E-state index contributed by atoms with van der Waals surface area (Å²) in [5.74, 6) is 0.511. The van der Waals surface area contributed by atoms with E-state index in [0.717, 1.165) is 6.29 Å². The van der Waals surface area contributed by atoms with Crippen LogP contribution in [0.25, 0.3) is 0 Å². The predicted molar refractivity (Wildman–Crippen MR) is 40.1 cm³/mol. The van der Waals surface area contributed by atoms with E-state index in [2.05, 4.69) is 0 Å². The number of aliphatic hydroxyl groups excluding tert-OH is 1. The minimum absolute atomic E-state index is 0.0495. The van der Waals surface area contributed by atoms with Gasteiger partial charge in [-0.2, -0.15) is 0 Å². The zero-order valence-electron chi connectivity index (χ0n) is 5.53. The highest BCUT2D eigenvalue weighted by molar-refractivity contribution is 8.00. The number of carbonyl (C=O) groups excluding carboxylic acids is 2. The Morgan fingerprint density at radius 1 is 1.50 bits per heavy atom. The first kappa shape index (κ1) is 9.65. The summed E-state index contributed by atoms with van der Waals surface area (Å²) in [4.78, 5) is 20.0. The summed E-state index contributed by atoms with van der Waals surface area (Å²) in [6.07, 6.45) is 1.69. The lowest BCUT2D eigenvalue weighted by molar-refractivity contribution is -0.111. The molecule has 10 heavy (non-hydrogen) atoms. The molecule has 1 unspecified atom stereocenters. The standard InChI is InChI=1S/C6H10O3S/c7-2-1-6(5-9)10-4-3-8/h2,5-6,8H,1,3-4H2. The quantitative estimate of drug-likeness (QED) is 0.553. The maximum Gasteiger partial charge on any atom is 0.133 e. The van der Waals surface area contributed by atoms with Crippen LogP contribution in [0.4, 0.5) is 0 Å². The van der Waals surface area contributed by atoms with Gasteiger partial charge in [-0.25, -0.2) is 0 Å². The minimum atomic E-state index is -0.273. The van der Waals surface area contributed by atoms with E-state index in [1.54, 1.807) is 0 Å². The van der Waals surface area contributed by atoms with Gasteiger partial charge < -0.3 is 14.7 Å². The Morgan fingerprint density at radius 2 is 2.20 bits per heavy atom. The van der Waals surface area contributed by atoms with Gasteiger partial charge in [0.25, 0.3) is 0 Å². The van der Waals surface area contributed by atoms with Gasteiger partial charge in [0, 0.05) is 12.2 Å². The van der Waals surface area contributed by atoms with Gasteiger partial charge in [0.1, 0.15) is 12.6 Å². The largest absolute Gasteiger partial charge is 0.396 e. The van der Waals surface area contributed by atoms with Crippen LogP contribution in [0.5, 0.6) is 0 Å². The van der Waals surface area contributed by atoms with E-state index < -0.39 is 0 Å². The molecule has 0 aromatic heterocycles. The lowest BCUT2D eigenvalue weighted by Gasteiger charge is -2.02. The maximum atomic E-state index is 10.1. The molecule has 0 spiro atoms. The zero-order valence-corrected chi connectivity index (χ0v) is 6.34. The number of hydrogen-bond donors (Lipinski definition) is 1. The van der Waals surface area contributed by atoms with Crippen LogP contribution in [0.15, 0.2) is 0 Å². The molecule has 0 saturated carbocycles. The number of aliphatic hydroxyl groups is 1. The van der Waals surface area contributed by atoms with E-state index in [-0.39, 0.29) is 18.3 Å². The summed E-state index contributed by atoms with van der Waals surface area (Å²) in [6.45, 7) is 0.0495. The van der Waals surface area contributed by atoms with Gasteiger partial charge >= 0.3 is 0 Å². The summed E-state index contributed by atoms with van der Waals surface area (Å²) in [5, 5.41) is 8.08. The molecule has 0 heterocycles. The van der Waals surface area contributed by atoms with Gasteiger partial charge in [-0.15, -0.1) is 11.8 Å². The molecular weight excluding hydrogens is 152 g/mol. The molecule has 0 fully saturated rings. The third-order valence-electron chi connectivity index (χ3n) is 0.904. The highest BCUT2D eigenvalue weighted by Crippen LogP contribution is 2.09. The van der Waals surface area contributed by atoms with Gasteiger partial charge in [-0.05, 0) is 0 Å². The predicted octanol–water partition coefficient (Wildman–Crippen LogP) is -0.132. The fourth-order valence-corrected chi connectivity index (χ4v) is 1.16. The first-order valence-corrected chi connectivity index (χ1v) is 4.01. The topological polar surface area (TPSA) is 54.4 Å². The fraction of sp³-hybridized carbons (Fsp3) is 0.667. The van der Waals surface area contributed by atoms with Crippen LogP contribution < -0.4 is 0 Å². The molecule has 4 heteroatoms. The van der Waals surface area contributed by atoms with E-state index in [0.29, 0.717) is 12.0 Å². The third kappa shape index (κ3) is 4.52. The summed E-state index contributed by atoms with van der Waals surface area (Å²) < 4.78 is 0. The van der Waals surface area contributed by atoms with Crippen molar-refractivity contribution in [3.05, 3.63) is 0 Å². The molecule has 0 aromatic carbocycles. The van der Waals surface area contributed by atoms with Crippen LogP contribution in [0, 0.1) is 0 Å². The van der Waals surface area contributed by atoms with Gasteiger partial charge in [0.05, 0.1) is 11.9 Å². The van der Waals surface area contributed by atoms with Crippen molar-refractivity contribution >= 4 is 24.3 Å². The van der Waals surface area contributed by atoms with Gasteiger partial charge in [0.2, 0.25) is 0 Å². The Balaban J connectivity index is 3.38. The second-order valence-corrected chi connectivity index (χ2v) is 3.02. The number of carbonyl (C=O) groups is 2. The average molecular weight is 162 g/mol. The summed E-state index contributed by atoms with van der Waals surface area (Å²) in [5.41, 5.74) is 0. The molecule has 0 radical (unpaired) electrons. The van der Waals surface area contributed by atoms with Crippen LogP contribution >= 0.6 is 11.8 Å². The molecule has 0 aliphatic carbocycles. The van der Waals surface area contributed by atoms with Gasteiger partial charge in [-0.1, -0.05) is 0 Å². The van der Waals surface area contributed by atoms with Crippen molar-refractivity contribution in [2.24, 2.45) is 0 Å². The Hall–Kier alpha value is -0.350. The lowest BCUT2D eigenvalue weighted by Crippen LogP contribution is -2.06. The van der Waals surface area contributed by atoms with Crippen molar-refractivity contribution in [3.8, 4) is 0 Å². The number of hydrogen-bond acceptors (Lipinski definition) is 4. The molecule has 1 atom stereocenters. The van der Waals surface area contributed by atoms with E-state index in [4.69, 9.17) is 5.11 Å². The van der Waals surface area contributed by atoms with Gasteiger partial charge in [0.15, 0.2) is 0 Å². The Kier molecular flexibility index (Phi) is 6.53. The van der Waals surface area contributed by atoms with Crippen molar-refractivity contribution in [3.63, 3.8) is 0 Å². The molecule has 0 aliphatic heterocycles. The van der Waals surface area contributed by atoms with Gasteiger partial charge in [-0.3, -0.25) is 0 Å². The summed E-state index contributed by atoms with van der Waals surface area (Å²) in [6, 6.07) is 0. The summed E-state index contributed by atoms with van der Waals surface area (Å²) in [7, 11) is 0. The van der Waals surface area contributed by atoms with Crippen LogP contribution in [0.2, 0.25) is 0 Å². The van der Waals surface area contributed by atoms with Crippen molar-refractivity contribution < 1.29 is 14.7 Å². The van der Waals surface area contributed by atoms with Crippen molar-refractivity contribution in [2.45, 2.75) is 11.7 Å². The minimum Gasteiger partial charge on any atom is -0.396 e.